The first-order chi connectivity index (χ1) is 13.7. The maximum Gasteiger partial charge on any atom is 0.236 e. The standard InChI is InChI=1S/C23H37N3O2/c1-3-12-25(13-4-5-14-26-15-6-11-24-18-23(26)27)21-9-7-19-8-10-22(28-2)17-20(19)16-21/h8,10,17,21,24H,3-7,9,11-16,18H2,1-2H3/t21-/m1/s1. The summed E-state index contributed by atoms with van der Waals surface area (Å²) in [6, 6.07) is 7.18. The number of carbonyl (C=O) groups excluding carboxylic acids is 1. The quantitative estimate of drug-likeness (QED) is 0.662. The average molecular weight is 388 g/mol. The Hall–Kier alpha value is -1.59. The van der Waals surface area contributed by atoms with Gasteiger partial charge in [0.25, 0.3) is 0 Å². The molecule has 5 heteroatoms. The molecule has 1 atom stereocenters. The third-order valence-electron chi connectivity index (χ3n) is 6.18. The molecule has 1 aromatic rings. The van der Waals surface area contributed by atoms with E-state index < -0.39 is 0 Å². The van der Waals surface area contributed by atoms with Gasteiger partial charge in [-0.15, -0.1) is 0 Å². The summed E-state index contributed by atoms with van der Waals surface area (Å²) in [5, 5.41) is 3.20. The largest absolute Gasteiger partial charge is 0.497 e. The van der Waals surface area contributed by atoms with Crippen LogP contribution in [0.15, 0.2) is 18.2 Å². The Balaban J connectivity index is 1.50. The van der Waals surface area contributed by atoms with Crippen molar-refractivity contribution in [2.45, 2.75) is 57.9 Å². The second kappa shape index (κ2) is 10.8. The predicted molar refractivity (Wildman–Crippen MR) is 114 cm³/mol. The molecule has 1 aliphatic heterocycles. The Morgan fingerprint density at radius 3 is 2.96 bits per heavy atom. The molecule has 5 nitrogen and oxygen atoms in total. The molecule has 1 aliphatic carbocycles. The van der Waals surface area contributed by atoms with Gasteiger partial charge in [-0.3, -0.25) is 4.79 Å². The van der Waals surface area contributed by atoms with Gasteiger partial charge in [-0.1, -0.05) is 13.0 Å². The minimum atomic E-state index is 0.265. The zero-order chi connectivity index (χ0) is 19.8. The van der Waals surface area contributed by atoms with Crippen molar-refractivity contribution >= 4 is 5.91 Å². The van der Waals surface area contributed by atoms with Gasteiger partial charge in [0, 0.05) is 19.1 Å². The van der Waals surface area contributed by atoms with Gasteiger partial charge < -0.3 is 19.9 Å². The van der Waals surface area contributed by atoms with Crippen molar-refractivity contribution in [1.82, 2.24) is 15.1 Å². The van der Waals surface area contributed by atoms with Gasteiger partial charge in [-0.2, -0.15) is 0 Å². The first kappa shape index (κ1) is 21.1. The summed E-state index contributed by atoms with van der Waals surface area (Å²) in [6.45, 7) is 7.86. The van der Waals surface area contributed by atoms with E-state index in [0.717, 1.165) is 57.7 Å². The van der Waals surface area contributed by atoms with E-state index >= 15 is 0 Å². The third kappa shape index (κ3) is 5.71. The van der Waals surface area contributed by atoms with Gasteiger partial charge in [0.1, 0.15) is 5.75 Å². The van der Waals surface area contributed by atoms with Gasteiger partial charge >= 0.3 is 0 Å². The summed E-state index contributed by atoms with van der Waals surface area (Å²) in [4.78, 5) is 16.8. The molecule has 0 radical (unpaired) electrons. The number of hydrogen-bond donors (Lipinski definition) is 1. The smallest absolute Gasteiger partial charge is 0.236 e. The Bertz CT molecular complexity index is 634. The number of nitrogens with one attached hydrogen (secondary N) is 1. The van der Waals surface area contributed by atoms with E-state index in [-0.39, 0.29) is 5.91 Å². The second-order valence-corrected chi connectivity index (χ2v) is 8.19. The van der Waals surface area contributed by atoms with Crippen LogP contribution in [0.4, 0.5) is 0 Å². The minimum absolute atomic E-state index is 0.265. The van der Waals surface area contributed by atoms with Gasteiger partial charge in [-0.25, -0.2) is 0 Å². The molecule has 2 aliphatic rings. The number of rotatable bonds is 9. The van der Waals surface area contributed by atoms with Crippen LogP contribution >= 0.6 is 0 Å². The Kier molecular flexibility index (Phi) is 8.16. The highest BCUT2D eigenvalue weighted by Crippen LogP contribution is 2.28. The molecule has 1 saturated heterocycles. The zero-order valence-corrected chi connectivity index (χ0v) is 17.7. The molecule has 1 fully saturated rings. The lowest BCUT2D eigenvalue weighted by molar-refractivity contribution is -0.129. The highest BCUT2D eigenvalue weighted by molar-refractivity contribution is 5.78. The molecule has 156 valence electrons. The summed E-state index contributed by atoms with van der Waals surface area (Å²) >= 11 is 0. The van der Waals surface area contributed by atoms with Crippen LogP contribution in [0.2, 0.25) is 0 Å². The van der Waals surface area contributed by atoms with Crippen molar-refractivity contribution in [3.8, 4) is 5.75 Å². The highest BCUT2D eigenvalue weighted by Gasteiger charge is 2.24. The number of ether oxygens (including phenoxy) is 1. The molecule has 1 heterocycles. The first-order valence-corrected chi connectivity index (χ1v) is 11.1. The van der Waals surface area contributed by atoms with E-state index in [2.05, 4.69) is 35.3 Å². The summed E-state index contributed by atoms with van der Waals surface area (Å²) in [7, 11) is 1.75. The molecule has 1 amide bonds. The molecular weight excluding hydrogens is 350 g/mol. The summed E-state index contributed by atoms with van der Waals surface area (Å²) in [5.74, 6) is 1.23. The van der Waals surface area contributed by atoms with Crippen molar-refractivity contribution in [2.24, 2.45) is 0 Å². The van der Waals surface area contributed by atoms with Crippen molar-refractivity contribution in [3.63, 3.8) is 0 Å². The van der Waals surface area contributed by atoms with Crippen LogP contribution in [0.1, 0.15) is 50.2 Å². The molecular formula is C23H37N3O2. The lowest BCUT2D eigenvalue weighted by Gasteiger charge is -2.35. The number of amides is 1. The van der Waals surface area contributed by atoms with E-state index in [0.29, 0.717) is 12.6 Å². The Morgan fingerprint density at radius 1 is 1.25 bits per heavy atom. The normalized spacial score (nSPS) is 20.2. The van der Waals surface area contributed by atoms with E-state index in [1.165, 1.54) is 36.8 Å². The number of carbonyl (C=O) groups is 1. The lowest BCUT2D eigenvalue weighted by Crippen LogP contribution is -2.41. The number of methoxy groups -OCH3 is 1. The molecule has 3 rings (SSSR count). The first-order valence-electron chi connectivity index (χ1n) is 11.1. The van der Waals surface area contributed by atoms with E-state index in [4.69, 9.17) is 4.74 Å². The number of aryl methyl sites for hydroxylation is 1. The molecule has 0 bridgehead atoms. The fourth-order valence-corrected chi connectivity index (χ4v) is 4.60. The van der Waals surface area contributed by atoms with Crippen LogP contribution in [0.5, 0.6) is 5.75 Å². The number of hydrogen-bond acceptors (Lipinski definition) is 4. The van der Waals surface area contributed by atoms with Crippen LogP contribution < -0.4 is 10.1 Å². The van der Waals surface area contributed by atoms with E-state index in [1.54, 1.807) is 7.11 Å². The van der Waals surface area contributed by atoms with Gasteiger partial charge in [0.05, 0.1) is 13.7 Å². The topological polar surface area (TPSA) is 44.8 Å². The summed E-state index contributed by atoms with van der Waals surface area (Å²) in [5.41, 5.74) is 2.95. The maximum absolute atomic E-state index is 12.1. The number of unbranched alkanes of at least 4 members (excludes halogenated alkanes) is 1. The number of nitrogens with zero attached hydrogens (tertiary/aromatic N) is 2. The van der Waals surface area contributed by atoms with Crippen molar-refractivity contribution < 1.29 is 9.53 Å². The number of benzene rings is 1. The number of fused-ring (bicyclic) bond motifs is 1. The summed E-state index contributed by atoms with van der Waals surface area (Å²) < 4.78 is 5.43. The fraction of sp³-hybridized carbons (Fsp3) is 0.696. The average Bonchev–Trinajstić information content (AvgIpc) is 2.93. The highest BCUT2D eigenvalue weighted by atomic mass is 16.5. The van der Waals surface area contributed by atoms with Crippen LogP contribution in [-0.2, 0) is 17.6 Å². The molecule has 0 aromatic heterocycles. The third-order valence-corrected chi connectivity index (χ3v) is 6.18. The van der Waals surface area contributed by atoms with Gasteiger partial charge in [-0.05, 0) is 87.8 Å². The maximum atomic E-state index is 12.1. The Labute approximate surface area is 170 Å². The van der Waals surface area contributed by atoms with Gasteiger partial charge in [0.15, 0.2) is 0 Å². The second-order valence-electron chi connectivity index (χ2n) is 8.19. The van der Waals surface area contributed by atoms with Crippen molar-refractivity contribution in [3.05, 3.63) is 29.3 Å². The lowest BCUT2D eigenvalue weighted by atomic mass is 9.87. The zero-order valence-electron chi connectivity index (χ0n) is 17.7. The summed E-state index contributed by atoms with van der Waals surface area (Å²) in [6.07, 6.45) is 8.07. The molecule has 28 heavy (non-hydrogen) atoms. The van der Waals surface area contributed by atoms with Crippen molar-refractivity contribution in [2.75, 3.05) is 46.4 Å². The van der Waals surface area contributed by atoms with Crippen molar-refractivity contribution in [1.29, 1.82) is 0 Å². The SMILES string of the molecule is CCCN(CCCCN1CCCNCC1=O)[C@@H]1CCc2ccc(OC)cc2C1. The van der Waals surface area contributed by atoms with Gasteiger partial charge in [0.2, 0.25) is 5.91 Å². The molecule has 1 N–H and O–H groups in total. The van der Waals surface area contributed by atoms with Crippen LogP contribution in [0.25, 0.3) is 0 Å². The predicted octanol–water partition coefficient (Wildman–Crippen LogP) is 2.87. The monoisotopic (exact) mass is 387 g/mol. The van der Waals surface area contributed by atoms with E-state index in [9.17, 15) is 4.79 Å². The van der Waals surface area contributed by atoms with Crippen LogP contribution in [0, 0.1) is 0 Å². The minimum Gasteiger partial charge on any atom is -0.497 e. The van der Waals surface area contributed by atoms with E-state index in [1.807, 2.05) is 4.90 Å². The molecule has 1 aromatic carbocycles. The van der Waals surface area contributed by atoms with Crippen LogP contribution in [0.3, 0.4) is 0 Å². The molecule has 0 unspecified atom stereocenters. The fourth-order valence-electron chi connectivity index (χ4n) is 4.60. The van der Waals surface area contributed by atoms with Crippen LogP contribution in [-0.4, -0.2) is 68.1 Å². The Morgan fingerprint density at radius 2 is 2.14 bits per heavy atom. The molecule has 0 spiro atoms. The molecule has 0 saturated carbocycles.